The molecule has 0 bridgehead atoms. The van der Waals surface area contributed by atoms with Crippen LogP contribution in [0.2, 0.25) is 5.02 Å². The van der Waals surface area contributed by atoms with Crippen LogP contribution in [0.25, 0.3) is 17.0 Å². The van der Waals surface area contributed by atoms with E-state index in [9.17, 15) is 4.79 Å². The lowest BCUT2D eigenvalue weighted by Gasteiger charge is -2.06. The van der Waals surface area contributed by atoms with Gasteiger partial charge < -0.3 is 9.88 Å². The van der Waals surface area contributed by atoms with Crippen molar-refractivity contribution in [3.63, 3.8) is 0 Å². The summed E-state index contributed by atoms with van der Waals surface area (Å²) in [6.45, 7) is 2.52. The van der Waals surface area contributed by atoms with E-state index in [-0.39, 0.29) is 5.91 Å². The number of carbonyl (C=O) groups excluding carboxylic acids is 1. The van der Waals surface area contributed by atoms with Crippen LogP contribution in [0.15, 0.2) is 54.7 Å². The molecule has 0 aliphatic heterocycles. The predicted molar refractivity (Wildman–Crippen MR) is 106 cm³/mol. The van der Waals surface area contributed by atoms with Crippen LogP contribution in [0, 0.1) is 18.3 Å². The molecule has 1 N–H and O–H groups in total. The Kier molecular flexibility index (Phi) is 5.40. The fourth-order valence-corrected chi connectivity index (χ4v) is 3.10. The second-order valence-electron chi connectivity index (χ2n) is 5.98. The third kappa shape index (κ3) is 3.96. The van der Waals surface area contributed by atoms with Gasteiger partial charge in [-0.25, -0.2) is 0 Å². The van der Waals surface area contributed by atoms with Crippen molar-refractivity contribution in [2.45, 2.75) is 19.9 Å². The smallest absolute Gasteiger partial charge is 0.248 e. The van der Waals surface area contributed by atoms with Crippen LogP contribution in [0.4, 0.5) is 5.69 Å². The summed E-state index contributed by atoms with van der Waals surface area (Å²) in [4.78, 5) is 12.3. The number of aromatic nitrogens is 1. The Morgan fingerprint density at radius 1 is 1.31 bits per heavy atom. The molecular weight excluding hydrogens is 346 g/mol. The summed E-state index contributed by atoms with van der Waals surface area (Å²) in [5, 5.41) is 13.4. The monoisotopic (exact) mass is 363 g/mol. The molecule has 3 rings (SSSR count). The molecule has 1 heterocycles. The Morgan fingerprint density at radius 3 is 2.88 bits per heavy atom. The molecule has 26 heavy (non-hydrogen) atoms. The predicted octanol–water partition coefficient (Wildman–Crippen LogP) is 5.17. The van der Waals surface area contributed by atoms with Crippen molar-refractivity contribution in [2.24, 2.45) is 0 Å². The molecule has 0 saturated heterocycles. The maximum atomic E-state index is 12.3. The van der Waals surface area contributed by atoms with Crippen molar-refractivity contribution >= 4 is 40.2 Å². The lowest BCUT2D eigenvalue weighted by atomic mass is 10.1. The molecule has 1 amide bonds. The van der Waals surface area contributed by atoms with Gasteiger partial charge in [-0.05, 0) is 42.8 Å². The molecule has 4 nitrogen and oxygen atoms in total. The Morgan fingerprint density at radius 2 is 2.12 bits per heavy atom. The number of hydrogen-bond acceptors (Lipinski definition) is 2. The van der Waals surface area contributed by atoms with Gasteiger partial charge in [-0.15, -0.1) is 0 Å². The van der Waals surface area contributed by atoms with Crippen LogP contribution in [0.5, 0.6) is 0 Å². The van der Waals surface area contributed by atoms with Crippen LogP contribution in [0.1, 0.15) is 17.5 Å². The molecule has 0 spiro atoms. The zero-order chi connectivity index (χ0) is 18.5. The highest BCUT2D eigenvalue weighted by molar-refractivity contribution is 6.30. The molecule has 3 aromatic rings. The Hall–Kier alpha value is -3.03. The lowest BCUT2D eigenvalue weighted by molar-refractivity contribution is -0.111. The molecule has 0 fully saturated rings. The summed E-state index contributed by atoms with van der Waals surface area (Å²) in [6.07, 6.45) is 5.73. The molecule has 1 aromatic heterocycles. The highest BCUT2D eigenvalue weighted by Crippen LogP contribution is 2.23. The van der Waals surface area contributed by atoms with Crippen LogP contribution in [-0.2, 0) is 11.3 Å². The first-order valence-corrected chi connectivity index (χ1v) is 8.66. The topological polar surface area (TPSA) is 57.8 Å². The Labute approximate surface area is 157 Å². The van der Waals surface area contributed by atoms with Crippen LogP contribution in [-0.4, -0.2) is 10.5 Å². The van der Waals surface area contributed by atoms with Gasteiger partial charge in [-0.2, -0.15) is 5.26 Å². The number of nitrogens with zero attached hydrogens (tertiary/aromatic N) is 2. The summed E-state index contributed by atoms with van der Waals surface area (Å²) in [5.41, 5.74) is 3.64. The Balaban J connectivity index is 1.81. The van der Waals surface area contributed by atoms with Crippen molar-refractivity contribution in [3.05, 3.63) is 70.9 Å². The molecular formula is C21H18ClN3O. The number of carbonyl (C=O) groups is 1. The van der Waals surface area contributed by atoms with Gasteiger partial charge >= 0.3 is 0 Å². The van der Waals surface area contributed by atoms with Gasteiger partial charge in [0.1, 0.15) is 0 Å². The first kappa shape index (κ1) is 17.8. The average molecular weight is 364 g/mol. The SMILES string of the molecule is Cc1cc(Cl)ccc1NC(=O)/C=C/c1cn(CCC#N)c2ccccc12. The van der Waals surface area contributed by atoms with Crippen LogP contribution in [0.3, 0.4) is 0 Å². The van der Waals surface area contributed by atoms with Gasteiger partial charge in [0, 0.05) is 46.0 Å². The van der Waals surface area contributed by atoms with Crippen molar-refractivity contribution in [1.82, 2.24) is 4.57 Å². The van der Waals surface area contributed by atoms with Crippen molar-refractivity contribution in [2.75, 3.05) is 5.32 Å². The largest absolute Gasteiger partial charge is 0.346 e. The number of amides is 1. The quantitative estimate of drug-likeness (QED) is 0.636. The van der Waals surface area contributed by atoms with E-state index in [4.69, 9.17) is 16.9 Å². The molecule has 2 aromatic carbocycles. The van der Waals surface area contributed by atoms with E-state index in [1.165, 1.54) is 6.08 Å². The summed E-state index contributed by atoms with van der Waals surface area (Å²) >= 11 is 5.94. The minimum Gasteiger partial charge on any atom is -0.346 e. The van der Waals surface area contributed by atoms with Gasteiger partial charge in [-0.3, -0.25) is 4.79 Å². The number of rotatable bonds is 5. The average Bonchev–Trinajstić information content (AvgIpc) is 2.99. The minimum absolute atomic E-state index is 0.204. The van der Waals surface area contributed by atoms with E-state index in [1.54, 1.807) is 18.2 Å². The fraction of sp³-hybridized carbons (Fsp3) is 0.143. The standard InChI is InChI=1S/C21H18ClN3O/c1-15-13-17(22)8-9-19(15)24-21(26)10-7-16-14-25(12-4-11-23)20-6-3-2-5-18(16)20/h2-3,5-10,13-14H,4,12H2,1H3,(H,24,26)/b10-7+. The molecule has 0 unspecified atom stereocenters. The van der Waals surface area contributed by atoms with E-state index in [0.29, 0.717) is 18.0 Å². The van der Waals surface area contributed by atoms with E-state index >= 15 is 0 Å². The maximum absolute atomic E-state index is 12.3. The lowest BCUT2D eigenvalue weighted by Crippen LogP contribution is -2.08. The van der Waals surface area contributed by atoms with Crippen molar-refractivity contribution < 1.29 is 4.79 Å². The fourth-order valence-electron chi connectivity index (χ4n) is 2.87. The van der Waals surface area contributed by atoms with Crippen LogP contribution < -0.4 is 5.32 Å². The summed E-state index contributed by atoms with van der Waals surface area (Å²) < 4.78 is 2.04. The van der Waals surface area contributed by atoms with Gasteiger partial charge in [0.2, 0.25) is 5.91 Å². The number of hydrogen-bond donors (Lipinski definition) is 1. The number of aryl methyl sites for hydroxylation is 2. The molecule has 130 valence electrons. The molecule has 0 aliphatic rings. The highest BCUT2D eigenvalue weighted by atomic mass is 35.5. The molecule has 0 radical (unpaired) electrons. The third-order valence-corrected chi connectivity index (χ3v) is 4.38. The van der Waals surface area contributed by atoms with Crippen LogP contribution >= 0.6 is 11.6 Å². The number of fused-ring (bicyclic) bond motifs is 1. The second-order valence-corrected chi connectivity index (χ2v) is 6.42. The van der Waals surface area contributed by atoms with Crippen molar-refractivity contribution in [1.29, 1.82) is 5.26 Å². The van der Waals surface area contributed by atoms with Gasteiger partial charge in [0.05, 0.1) is 12.5 Å². The Bertz CT molecular complexity index is 1030. The van der Waals surface area contributed by atoms with E-state index in [0.717, 1.165) is 27.7 Å². The van der Waals surface area contributed by atoms with Gasteiger partial charge in [0.25, 0.3) is 0 Å². The van der Waals surface area contributed by atoms with Gasteiger partial charge in [0.15, 0.2) is 0 Å². The summed E-state index contributed by atoms with van der Waals surface area (Å²) in [7, 11) is 0. The number of nitrogens with one attached hydrogen (secondary N) is 1. The normalized spacial score (nSPS) is 11.0. The zero-order valence-electron chi connectivity index (χ0n) is 14.4. The van der Waals surface area contributed by atoms with E-state index < -0.39 is 0 Å². The number of halogens is 1. The molecule has 0 atom stereocenters. The number of para-hydroxylation sites is 1. The first-order chi connectivity index (χ1) is 12.6. The summed E-state index contributed by atoms with van der Waals surface area (Å²) in [5.74, 6) is -0.204. The minimum atomic E-state index is -0.204. The molecule has 0 saturated carbocycles. The highest BCUT2D eigenvalue weighted by Gasteiger charge is 2.07. The third-order valence-electron chi connectivity index (χ3n) is 4.14. The molecule has 5 heteroatoms. The molecule has 0 aliphatic carbocycles. The summed E-state index contributed by atoms with van der Waals surface area (Å²) in [6, 6.07) is 15.5. The number of anilines is 1. The first-order valence-electron chi connectivity index (χ1n) is 8.28. The number of benzene rings is 2. The maximum Gasteiger partial charge on any atom is 0.248 e. The van der Waals surface area contributed by atoms with Crippen molar-refractivity contribution in [3.8, 4) is 6.07 Å². The van der Waals surface area contributed by atoms with E-state index in [2.05, 4.69) is 11.4 Å². The van der Waals surface area contributed by atoms with Gasteiger partial charge in [-0.1, -0.05) is 29.8 Å². The second kappa shape index (κ2) is 7.90. The zero-order valence-corrected chi connectivity index (χ0v) is 15.1. The number of nitriles is 1. The van der Waals surface area contributed by atoms with E-state index in [1.807, 2.05) is 48.0 Å².